The lowest BCUT2D eigenvalue weighted by molar-refractivity contribution is -0.123. The number of amides is 4. The first-order valence-electron chi connectivity index (χ1n) is 5.50. The van der Waals surface area contributed by atoms with E-state index in [2.05, 4.69) is 16.0 Å². The number of carbonyl (C=O) groups excluding carboxylic acids is 3. The second-order valence-electron chi connectivity index (χ2n) is 4.14. The van der Waals surface area contributed by atoms with Gasteiger partial charge in [-0.15, -0.1) is 0 Å². The molecule has 1 saturated carbocycles. The second-order valence-corrected chi connectivity index (χ2v) is 4.14. The third-order valence-corrected chi connectivity index (χ3v) is 2.27. The summed E-state index contributed by atoms with van der Waals surface area (Å²) in [6.07, 6.45) is 1.94. The Bertz CT molecular complexity index is 315. The van der Waals surface area contributed by atoms with Gasteiger partial charge >= 0.3 is 6.03 Å². The van der Waals surface area contributed by atoms with Crippen LogP contribution in [0.1, 0.15) is 12.8 Å². The summed E-state index contributed by atoms with van der Waals surface area (Å²) in [7, 11) is 3.16. The van der Waals surface area contributed by atoms with Gasteiger partial charge in [0.2, 0.25) is 11.8 Å². The van der Waals surface area contributed by atoms with Crippen molar-refractivity contribution in [3.8, 4) is 0 Å². The molecular formula is C10H18N4O3. The molecule has 1 aliphatic rings. The Morgan fingerprint density at radius 2 is 1.76 bits per heavy atom. The minimum absolute atomic E-state index is 0.00546. The molecule has 0 unspecified atom stereocenters. The van der Waals surface area contributed by atoms with E-state index in [1.165, 1.54) is 11.9 Å². The van der Waals surface area contributed by atoms with E-state index in [9.17, 15) is 14.4 Å². The van der Waals surface area contributed by atoms with E-state index in [1.807, 2.05) is 0 Å². The van der Waals surface area contributed by atoms with E-state index in [1.54, 1.807) is 7.05 Å². The Labute approximate surface area is 99.9 Å². The van der Waals surface area contributed by atoms with Crippen LogP contribution in [0.4, 0.5) is 4.79 Å². The zero-order valence-corrected chi connectivity index (χ0v) is 10.1. The normalized spacial score (nSPS) is 14.3. The number of likely N-dealkylation sites (N-methyl/N-ethyl adjacent to an activating group) is 2. The van der Waals surface area contributed by atoms with Crippen molar-refractivity contribution >= 4 is 17.8 Å². The third kappa shape index (κ3) is 5.86. The average Bonchev–Trinajstić information content (AvgIpc) is 3.00. The largest absolute Gasteiger partial charge is 0.358 e. The summed E-state index contributed by atoms with van der Waals surface area (Å²) in [5, 5.41) is 7.31. The lowest BCUT2D eigenvalue weighted by Gasteiger charge is -2.14. The van der Waals surface area contributed by atoms with Gasteiger partial charge in [-0.05, 0) is 19.9 Å². The number of rotatable bonds is 5. The molecule has 0 aromatic carbocycles. The first-order chi connectivity index (χ1) is 8.01. The van der Waals surface area contributed by atoms with Gasteiger partial charge in [0.25, 0.3) is 0 Å². The maximum absolute atomic E-state index is 11.4. The number of hydrogen-bond acceptors (Lipinski definition) is 4. The highest BCUT2D eigenvalue weighted by molar-refractivity contribution is 5.95. The van der Waals surface area contributed by atoms with E-state index in [-0.39, 0.29) is 25.0 Å². The van der Waals surface area contributed by atoms with Crippen molar-refractivity contribution in [2.75, 3.05) is 27.2 Å². The standard InChI is InChI=1S/C10H18N4O3/c1-11-8(15)5-14(2)6-9(16)13-10(17)12-7-3-4-7/h7H,3-6H2,1-2H3,(H,11,15)(H2,12,13,16,17). The fourth-order valence-corrected chi connectivity index (χ4v) is 1.24. The number of hydrogen-bond donors (Lipinski definition) is 3. The van der Waals surface area contributed by atoms with Crippen LogP contribution >= 0.6 is 0 Å². The predicted octanol–water partition coefficient (Wildman–Crippen LogP) is -1.35. The maximum Gasteiger partial charge on any atom is 0.321 e. The van der Waals surface area contributed by atoms with E-state index >= 15 is 0 Å². The topological polar surface area (TPSA) is 90.5 Å². The maximum atomic E-state index is 11.4. The Balaban J connectivity index is 2.18. The van der Waals surface area contributed by atoms with Crippen molar-refractivity contribution in [3.05, 3.63) is 0 Å². The lowest BCUT2D eigenvalue weighted by atomic mass is 10.4. The van der Waals surface area contributed by atoms with Gasteiger partial charge in [0.15, 0.2) is 0 Å². The van der Waals surface area contributed by atoms with Crippen molar-refractivity contribution in [1.82, 2.24) is 20.9 Å². The molecule has 1 rings (SSSR count). The summed E-state index contributed by atoms with van der Waals surface area (Å²) in [4.78, 5) is 35.2. The van der Waals surface area contributed by atoms with Crippen molar-refractivity contribution in [2.24, 2.45) is 0 Å². The highest BCUT2D eigenvalue weighted by Crippen LogP contribution is 2.18. The Morgan fingerprint density at radius 3 is 2.29 bits per heavy atom. The van der Waals surface area contributed by atoms with Gasteiger partial charge in [-0.3, -0.25) is 19.8 Å². The highest BCUT2D eigenvalue weighted by Gasteiger charge is 2.24. The Hall–Kier alpha value is -1.63. The van der Waals surface area contributed by atoms with Crippen LogP contribution in [-0.4, -0.2) is 56.0 Å². The predicted molar refractivity (Wildman–Crippen MR) is 61.3 cm³/mol. The molecule has 7 nitrogen and oxygen atoms in total. The molecule has 0 heterocycles. The second kappa shape index (κ2) is 6.19. The van der Waals surface area contributed by atoms with Crippen molar-refractivity contribution in [3.63, 3.8) is 0 Å². The molecule has 0 aromatic heterocycles. The van der Waals surface area contributed by atoms with Crippen LogP contribution in [0, 0.1) is 0 Å². The molecule has 96 valence electrons. The SMILES string of the molecule is CNC(=O)CN(C)CC(=O)NC(=O)NC1CC1. The van der Waals surface area contributed by atoms with Crippen LogP contribution in [-0.2, 0) is 9.59 Å². The molecule has 0 aliphatic heterocycles. The molecular weight excluding hydrogens is 224 g/mol. The van der Waals surface area contributed by atoms with Crippen LogP contribution < -0.4 is 16.0 Å². The van der Waals surface area contributed by atoms with Crippen LogP contribution in [0.15, 0.2) is 0 Å². The number of nitrogens with zero attached hydrogens (tertiary/aromatic N) is 1. The van der Waals surface area contributed by atoms with Gasteiger partial charge in [-0.2, -0.15) is 0 Å². The summed E-state index contributed by atoms with van der Waals surface area (Å²) >= 11 is 0. The fraction of sp³-hybridized carbons (Fsp3) is 0.700. The monoisotopic (exact) mass is 242 g/mol. The van der Waals surface area contributed by atoms with Crippen molar-refractivity contribution in [1.29, 1.82) is 0 Å². The minimum atomic E-state index is -0.467. The molecule has 7 heteroatoms. The molecule has 0 radical (unpaired) electrons. The smallest absolute Gasteiger partial charge is 0.321 e. The van der Waals surface area contributed by atoms with Gasteiger partial charge in [0, 0.05) is 13.1 Å². The average molecular weight is 242 g/mol. The minimum Gasteiger partial charge on any atom is -0.358 e. The van der Waals surface area contributed by atoms with Gasteiger partial charge in [0.05, 0.1) is 13.1 Å². The molecule has 3 N–H and O–H groups in total. The molecule has 17 heavy (non-hydrogen) atoms. The number of urea groups is 1. The van der Waals surface area contributed by atoms with Crippen molar-refractivity contribution < 1.29 is 14.4 Å². The van der Waals surface area contributed by atoms with Crippen LogP contribution in [0.3, 0.4) is 0 Å². The summed E-state index contributed by atoms with van der Waals surface area (Å²) < 4.78 is 0. The van der Waals surface area contributed by atoms with Crippen LogP contribution in [0.5, 0.6) is 0 Å². The number of imide groups is 1. The highest BCUT2D eigenvalue weighted by atomic mass is 16.2. The molecule has 0 bridgehead atoms. The lowest BCUT2D eigenvalue weighted by Crippen LogP contribution is -2.45. The molecule has 0 saturated heterocycles. The number of carbonyl (C=O) groups is 3. The molecule has 1 aliphatic carbocycles. The van der Waals surface area contributed by atoms with E-state index in [0.717, 1.165) is 12.8 Å². The summed E-state index contributed by atoms with van der Waals surface area (Å²) in [5.41, 5.74) is 0. The van der Waals surface area contributed by atoms with Crippen LogP contribution in [0.25, 0.3) is 0 Å². The van der Waals surface area contributed by atoms with Gasteiger partial charge in [0.1, 0.15) is 0 Å². The van der Waals surface area contributed by atoms with Crippen molar-refractivity contribution in [2.45, 2.75) is 18.9 Å². The first kappa shape index (κ1) is 13.4. The Kier molecular flexibility index (Phi) is 4.89. The first-order valence-corrected chi connectivity index (χ1v) is 5.50. The van der Waals surface area contributed by atoms with Gasteiger partial charge in [-0.25, -0.2) is 4.79 Å². The molecule has 0 atom stereocenters. The van der Waals surface area contributed by atoms with E-state index < -0.39 is 11.9 Å². The third-order valence-electron chi connectivity index (χ3n) is 2.27. The Morgan fingerprint density at radius 1 is 1.18 bits per heavy atom. The molecule has 0 spiro atoms. The van der Waals surface area contributed by atoms with Gasteiger partial charge in [-0.1, -0.05) is 0 Å². The molecule has 4 amide bonds. The van der Waals surface area contributed by atoms with E-state index in [0.29, 0.717) is 0 Å². The van der Waals surface area contributed by atoms with Gasteiger partial charge < -0.3 is 10.6 Å². The quantitative estimate of drug-likeness (QED) is 0.556. The summed E-state index contributed by atoms with van der Waals surface area (Å²) in [6, 6.07) is -0.253. The fourth-order valence-electron chi connectivity index (χ4n) is 1.24. The summed E-state index contributed by atoms with van der Waals surface area (Å²) in [5.74, 6) is -0.600. The van der Waals surface area contributed by atoms with E-state index in [4.69, 9.17) is 0 Å². The molecule has 1 fully saturated rings. The zero-order valence-electron chi connectivity index (χ0n) is 10.1. The number of nitrogens with one attached hydrogen (secondary N) is 3. The zero-order chi connectivity index (χ0) is 12.8. The molecule has 0 aromatic rings. The van der Waals surface area contributed by atoms with Crippen LogP contribution in [0.2, 0.25) is 0 Å². The summed E-state index contributed by atoms with van der Waals surface area (Å²) in [6.45, 7) is 0.125.